The first-order valence-electron chi connectivity index (χ1n) is 8.81. The summed E-state index contributed by atoms with van der Waals surface area (Å²) in [5.74, 6) is -1.68. The molecule has 0 aromatic heterocycles. The van der Waals surface area contributed by atoms with E-state index in [1.165, 1.54) is 4.31 Å². The van der Waals surface area contributed by atoms with Gasteiger partial charge in [0.05, 0.1) is 16.4 Å². The predicted octanol–water partition coefficient (Wildman–Crippen LogP) is 3.88. The molecular formula is C19H18F4N2O3S. The zero-order valence-corrected chi connectivity index (χ0v) is 15.9. The maximum Gasteiger partial charge on any atom is 0.416 e. The molecule has 0 bridgehead atoms. The van der Waals surface area contributed by atoms with Crippen LogP contribution in [0, 0.1) is 11.7 Å². The largest absolute Gasteiger partial charge is 0.416 e. The Morgan fingerprint density at radius 2 is 1.66 bits per heavy atom. The Hall–Kier alpha value is -2.46. The highest BCUT2D eigenvalue weighted by molar-refractivity contribution is 7.89. The lowest BCUT2D eigenvalue weighted by Crippen LogP contribution is -2.43. The van der Waals surface area contributed by atoms with Gasteiger partial charge >= 0.3 is 6.18 Å². The molecule has 29 heavy (non-hydrogen) atoms. The van der Waals surface area contributed by atoms with E-state index in [1.807, 2.05) is 0 Å². The molecule has 0 spiro atoms. The van der Waals surface area contributed by atoms with Crippen molar-refractivity contribution in [2.75, 3.05) is 18.4 Å². The van der Waals surface area contributed by atoms with Gasteiger partial charge in [-0.3, -0.25) is 4.79 Å². The second kappa shape index (κ2) is 8.11. The van der Waals surface area contributed by atoms with Gasteiger partial charge in [-0.15, -0.1) is 0 Å². The van der Waals surface area contributed by atoms with Crippen LogP contribution in [0.3, 0.4) is 0 Å². The molecule has 0 aliphatic carbocycles. The zero-order valence-electron chi connectivity index (χ0n) is 15.1. The van der Waals surface area contributed by atoms with Crippen LogP contribution < -0.4 is 5.32 Å². The lowest BCUT2D eigenvalue weighted by Gasteiger charge is -2.31. The third-order valence-electron chi connectivity index (χ3n) is 4.69. The summed E-state index contributed by atoms with van der Waals surface area (Å²) in [6.45, 7) is 0.163. The highest BCUT2D eigenvalue weighted by Crippen LogP contribution is 2.30. The standard InChI is InChI=1S/C19H18F4N2O3S/c20-15-5-9-17(10-6-15)29(27,28)25-11-1-2-13(12-25)18(26)24-16-7-3-14(4-8-16)19(21,22)23/h3-10,13H,1-2,11-12H2,(H,24,26)/t13-/m0/s1. The molecule has 1 N–H and O–H groups in total. The second-order valence-electron chi connectivity index (χ2n) is 6.72. The molecule has 1 atom stereocenters. The van der Waals surface area contributed by atoms with E-state index >= 15 is 0 Å². The summed E-state index contributed by atoms with van der Waals surface area (Å²) in [5, 5.41) is 2.53. The van der Waals surface area contributed by atoms with E-state index in [9.17, 15) is 30.8 Å². The van der Waals surface area contributed by atoms with E-state index in [2.05, 4.69) is 5.32 Å². The van der Waals surface area contributed by atoms with Crippen LogP contribution in [0.5, 0.6) is 0 Å². The van der Waals surface area contributed by atoms with Crippen molar-refractivity contribution in [3.63, 3.8) is 0 Å². The number of carbonyl (C=O) groups excluding carboxylic acids is 1. The minimum absolute atomic E-state index is 0.0633. The number of benzene rings is 2. The fourth-order valence-electron chi connectivity index (χ4n) is 3.12. The zero-order chi connectivity index (χ0) is 21.2. The number of halogens is 4. The number of amides is 1. The Kier molecular flexibility index (Phi) is 5.95. The number of anilines is 1. The van der Waals surface area contributed by atoms with E-state index in [1.54, 1.807) is 0 Å². The highest BCUT2D eigenvalue weighted by Gasteiger charge is 2.34. The molecular weight excluding hydrogens is 412 g/mol. The normalized spacial score (nSPS) is 18.4. The van der Waals surface area contributed by atoms with Crippen molar-refractivity contribution in [3.8, 4) is 0 Å². The molecule has 2 aromatic carbocycles. The third kappa shape index (κ3) is 4.94. The van der Waals surface area contributed by atoms with Gasteiger partial charge in [0.25, 0.3) is 0 Å². The summed E-state index contributed by atoms with van der Waals surface area (Å²) in [6.07, 6.45) is -3.57. The predicted molar refractivity (Wildman–Crippen MR) is 98.0 cm³/mol. The summed E-state index contributed by atoms with van der Waals surface area (Å²) in [5.41, 5.74) is -0.633. The van der Waals surface area contributed by atoms with Crippen molar-refractivity contribution in [2.45, 2.75) is 23.9 Å². The van der Waals surface area contributed by atoms with Crippen molar-refractivity contribution < 1.29 is 30.8 Å². The SMILES string of the molecule is O=C(Nc1ccc(C(F)(F)F)cc1)[C@H]1CCCN(S(=O)(=O)c2ccc(F)cc2)C1. The van der Waals surface area contributed by atoms with Gasteiger partial charge in [0.1, 0.15) is 5.82 Å². The van der Waals surface area contributed by atoms with E-state index < -0.39 is 39.4 Å². The topological polar surface area (TPSA) is 66.5 Å². The number of hydrogen-bond acceptors (Lipinski definition) is 3. The minimum Gasteiger partial charge on any atom is -0.326 e. The van der Waals surface area contributed by atoms with Gasteiger partial charge in [0, 0.05) is 18.8 Å². The van der Waals surface area contributed by atoms with Gasteiger partial charge in [0.2, 0.25) is 15.9 Å². The molecule has 3 rings (SSSR count). The Morgan fingerprint density at radius 3 is 2.24 bits per heavy atom. The van der Waals surface area contributed by atoms with Crippen LogP contribution in [0.15, 0.2) is 53.4 Å². The lowest BCUT2D eigenvalue weighted by molar-refractivity contribution is -0.137. The molecule has 2 aromatic rings. The highest BCUT2D eigenvalue weighted by atomic mass is 32.2. The van der Waals surface area contributed by atoms with Crippen LogP contribution in [-0.2, 0) is 21.0 Å². The molecule has 1 fully saturated rings. The maximum absolute atomic E-state index is 13.1. The van der Waals surface area contributed by atoms with Crippen molar-refractivity contribution in [1.29, 1.82) is 0 Å². The fourth-order valence-corrected chi connectivity index (χ4v) is 4.64. The summed E-state index contributed by atoms with van der Waals surface area (Å²) in [4.78, 5) is 12.4. The second-order valence-corrected chi connectivity index (χ2v) is 8.66. The Balaban J connectivity index is 1.68. The number of nitrogens with zero attached hydrogens (tertiary/aromatic N) is 1. The Morgan fingerprint density at radius 1 is 1.03 bits per heavy atom. The van der Waals surface area contributed by atoms with E-state index in [0.29, 0.717) is 12.8 Å². The van der Waals surface area contributed by atoms with Gasteiger partial charge in [-0.2, -0.15) is 17.5 Å². The average molecular weight is 430 g/mol. The van der Waals surface area contributed by atoms with Crippen LogP contribution in [0.2, 0.25) is 0 Å². The van der Waals surface area contributed by atoms with Gasteiger partial charge in [-0.05, 0) is 61.4 Å². The number of piperidine rings is 1. The van der Waals surface area contributed by atoms with Crippen molar-refractivity contribution in [2.24, 2.45) is 5.92 Å². The van der Waals surface area contributed by atoms with E-state index in [0.717, 1.165) is 48.5 Å². The van der Waals surface area contributed by atoms with E-state index in [4.69, 9.17) is 0 Å². The van der Waals surface area contributed by atoms with Gasteiger partial charge < -0.3 is 5.32 Å². The molecule has 0 saturated carbocycles. The molecule has 1 aliphatic rings. The van der Waals surface area contributed by atoms with Gasteiger partial charge in [-0.25, -0.2) is 12.8 Å². The first kappa shape index (κ1) is 21.3. The van der Waals surface area contributed by atoms with Crippen molar-refractivity contribution >= 4 is 21.6 Å². The molecule has 156 valence electrons. The molecule has 0 unspecified atom stereocenters. The van der Waals surface area contributed by atoms with Crippen molar-refractivity contribution in [1.82, 2.24) is 4.31 Å². The van der Waals surface area contributed by atoms with Crippen LogP contribution in [0.1, 0.15) is 18.4 Å². The summed E-state index contributed by atoms with van der Waals surface area (Å²) in [6, 6.07) is 8.45. The molecule has 1 amide bonds. The molecule has 1 aliphatic heterocycles. The Bertz CT molecular complexity index is 974. The first-order valence-corrected chi connectivity index (χ1v) is 10.3. The summed E-state index contributed by atoms with van der Waals surface area (Å²) < 4.78 is 77.5. The first-order chi connectivity index (χ1) is 13.6. The summed E-state index contributed by atoms with van der Waals surface area (Å²) in [7, 11) is -3.88. The number of rotatable bonds is 4. The number of sulfonamides is 1. The average Bonchev–Trinajstić information content (AvgIpc) is 2.68. The summed E-state index contributed by atoms with van der Waals surface area (Å²) >= 11 is 0. The van der Waals surface area contributed by atoms with E-state index in [-0.39, 0.29) is 23.7 Å². The van der Waals surface area contributed by atoms with Crippen LogP contribution in [-0.4, -0.2) is 31.7 Å². The molecule has 0 radical (unpaired) electrons. The number of hydrogen-bond donors (Lipinski definition) is 1. The van der Waals surface area contributed by atoms with Crippen molar-refractivity contribution in [3.05, 3.63) is 59.9 Å². The van der Waals surface area contributed by atoms with Crippen LogP contribution >= 0.6 is 0 Å². The van der Waals surface area contributed by atoms with Crippen LogP contribution in [0.4, 0.5) is 23.2 Å². The molecule has 5 nitrogen and oxygen atoms in total. The molecule has 1 saturated heterocycles. The van der Waals surface area contributed by atoms with Gasteiger partial charge in [-0.1, -0.05) is 0 Å². The fraction of sp³-hybridized carbons (Fsp3) is 0.316. The molecule has 1 heterocycles. The number of alkyl halides is 3. The molecule has 10 heteroatoms. The lowest BCUT2D eigenvalue weighted by atomic mass is 9.98. The number of carbonyl (C=O) groups is 1. The number of nitrogens with one attached hydrogen (secondary N) is 1. The van der Waals surface area contributed by atoms with Gasteiger partial charge in [0.15, 0.2) is 0 Å². The minimum atomic E-state index is -4.47. The Labute approximate surface area is 165 Å². The maximum atomic E-state index is 13.1. The monoisotopic (exact) mass is 430 g/mol. The smallest absolute Gasteiger partial charge is 0.326 e. The quantitative estimate of drug-likeness (QED) is 0.749. The third-order valence-corrected chi connectivity index (χ3v) is 6.57. The van der Waals surface area contributed by atoms with Crippen LogP contribution in [0.25, 0.3) is 0 Å².